The normalized spacial score (nSPS) is 45.1. The maximum Gasteiger partial charge on any atom is 0.165 e. The molecule has 4 bridgehead atoms. The summed E-state index contributed by atoms with van der Waals surface area (Å²) in [6.45, 7) is 4.79. The van der Waals surface area contributed by atoms with E-state index in [1.165, 1.54) is 11.1 Å². The number of nitrogens with zero attached hydrogens (tertiary/aromatic N) is 1. The monoisotopic (exact) mass is 383 g/mol. The lowest BCUT2D eigenvalue weighted by Crippen LogP contribution is -2.80. The van der Waals surface area contributed by atoms with E-state index in [2.05, 4.69) is 30.2 Å². The lowest BCUT2D eigenvalue weighted by atomic mass is 9.36. The van der Waals surface area contributed by atoms with Gasteiger partial charge >= 0.3 is 0 Å². The van der Waals surface area contributed by atoms with Gasteiger partial charge in [-0.05, 0) is 58.3 Å². The van der Waals surface area contributed by atoms with E-state index in [1.54, 1.807) is 13.2 Å². The summed E-state index contributed by atoms with van der Waals surface area (Å²) >= 11 is 0. The summed E-state index contributed by atoms with van der Waals surface area (Å²) < 4.78 is 12.9. The van der Waals surface area contributed by atoms with Gasteiger partial charge in [-0.1, -0.05) is 18.2 Å². The highest BCUT2D eigenvalue weighted by atomic mass is 16.6. The summed E-state index contributed by atoms with van der Waals surface area (Å²) in [5, 5.41) is 21.9. The van der Waals surface area contributed by atoms with E-state index in [0.717, 1.165) is 25.8 Å². The maximum atomic E-state index is 11.2. The van der Waals surface area contributed by atoms with Gasteiger partial charge in [0.1, 0.15) is 11.7 Å². The smallest absolute Gasteiger partial charge is 0.165 e. The quantitative estimate of drug-likeness (QED) is 0.768. The number of phenols is 1. The molecule has 6 aliphatic rings. The number of aromatic hydroxyl groups is 1. The van der Waals surface area contributed by atoms with Crippen molar-refractivity contribution in [2.75, 3.05) is 20.7 Å². The van der Waals surface area contributed by atoms with Gasteiger partial charge in [-0.2, -0.15) is 0 Å². The fourth-order valence-electron chi connectivity index (χ4n) is 7.86. The SMILES string of the molecule is CO[C@]12C=C[C@@]3(C[C@H]1C(C)(C)O)[C@H]1Cc4ccc(O)c5c4[C@@]3(CCN1C)[C@@H]2O5. The molecular formula is C23H29NO4. The van der Waals surface area contributed by atoms with Crippen LogP contribution >= 0.6 is 0 Å². The molecule has 5 nitrogen and oxygen atoms in total. The van der Waals surface area contributed by atoms with Crippen LogP contribution in [0.3, 0.4) is 0 Å². The molecule has 0 aromatic heterocycles. The Kier molecular flexibility index (Phi) is 2.95. The number of rotatable bonds is 2. The molecule has 150 valence electrons. The van der Waals surface area contributed by atoms with Crippen molar-refractivity contribution in [1.82, 2.24) is 4.90 Å². The van der Waals surface area contributed by atoms with Gasteiger partial charge < -0.3 is 24.6 Å². The van der Waals surface area contributed by atoms with E-state index in [0.29, 0.717) is 11.8 Å². The highest BCUT2D eigenvalue weighted by Gasteiger charge is 2.80. The zero-order chi connectivity index (χ0) is 19.7. The van der Waals surface area contributed by atoms with E-state index < -0.39 is 11.2 Å². The molecule has 0 amide bonds. The molecule has 2 N–H and O–H groups in total. The van der Waals surface area contributed by atoms with E-state index in [4.69, 9.17) is 9.47 Å². The van der Waals surface area contributed by atoms with Gasteiger partial charge in [-0.15, -0.1) is 0 Å². The molecule has 5 heteroatoms. The van der Waals surface area contributed by atoms with Crippen molar-refractivity contribution in [2.24, 2.45) is 11.3 Å². The second-order valence-electron chi connectivity index (χ2n) is 10.2. The van der Waals surface area contributed by atoms with Gasteiger partial charge in [-0.3, -0.25) is 0 Å². The number of ether oxygens (including phenoxy) is 2. The fourth-order valence-corrected chi connectivity index (χ4v) is 7.86. The van der Waals surface area contributed by atoms with Crippen molar-refractivity contribution in [3.63, 3.8) is 0 Å². The second-order valence-corrected chi connectivity index (χ2v) is 10.2. The Hall–Kier alpha value is -1.56. The number of likely N-dealkylation sites (tertiary alicyclic amines) is 1. The minimum absolute atomic E-state index is 0.0832. The topological polar surface area (TPSA) is 62.2 Å². The predicted molar refractivity (Wildman–Crippen MR) is 105 cm³/mol. The highest BCUT2D eigenvalue weighted by Crippen LogP contribution is 2.75. The summed E-state index contributed by atoms with van der Waals surface area (Å²) in [6, 6.07) is 4.21. The van der Waals surface area contributed by atoms with Crippen LogP contribution in [0.25, 0.3) is 0 Å². The third-order valence-electron chi connectivity index (χ3n) is 8.93. The standard InChI is InChI=1S/C23H29NO4/c1-20(2,26)15-12-21-7-8-23(15,27-4)19-22(21)9-10-24(3)16(21)11-13-5-6-14(25)18(28-19)17(13)22/h5-8,15-16,19,25-26H,9-12H2,1-4H3/t15-,16+,19-,21+,22-,23+/m0/s1. The van der Waals surface area contributed by atoms with E-state index in [1.807, 2.05) is 13.8 Å². The van der Waals surface area contributed by atoms with E-state index in [-0.39, 0.29) is 28.6 Å². The molecule has 1 saturated heterocycles. The molecule has 0 unspecified atom stereocenters. The van der Waals surface area contributed by atoms with Crippen molar-refractivity contribution in [3.05, 3.63) is 35.4 Å². The van der Waals surface area contributed by atoms with Gasteiger partial charge in [0.2, 0.25) is 0 Å². The Bertz CT molecular complexity index is 920. The first-order valence-electron chi connectivity index (χ1n) is 10.4. The van der Waals surface area contributed by atoms with Gasteiger partial charge in [0, 0.05) is 30.0 Å². The van der Waals surface area contributed by atoms with E-state index >= 15 is 0 Å². The number of likely N-dealkylation sites (N-methyl/N-ethyl adjacent to an activating group) is 1. The third kappa shape index (κ3) is 1.54. The molecule has 1 aromatic rings. The first-order chi connectivity index (χ1) is 13.2. The van der Waals surface area contributed by atoms with Crippen LogP contribution in [-0.2, 0) is 16.6 Å². The van der Waals surface area contributed by atoms with Crippen LogP contribution in [0, 0.1) is 11.3 Å². The predicted octanol–water partition coefficient (Wildman–Crippen LogP) is 2.38. The number of hydrogen-bond acceptors (Lipinski definition) is 5. The van der Waals surface area contributed by atoms with Crippen LogP contribution < -0.4 is 4.74 Å². The molecule has 6 atom stereocenters. The average Bonchev–Trinajstić information content (AvgIpc) is 3.03. The zero-order valence-corrected chi connectivity index (χ0v) is 17.0. The lowest BCUT2D eigenvalue weighted by molar-refractivity contribution is -0.243. The van der Waals surface area contributed by atoms with Crippen molar-refractivity contribution in [1.29, 1.82) is 0 Å². The molecule has 4 aliphatic carbocycles. The summed E-state index contributed by atoms with van der Waals surface area (Å²) in [5.41, 5.74) is 0.565. The van der Waals surface area contributed by atoms with Gasteiger partial charge in [0.05, 0.1) is 11.0 Å². The Balaban J connectivity index is 1.71. The summed E-state index contributed by atoms with van der Waals surface area (Å²) in [5.74, 6) is 0.789. The molecule has 0 radical (unpaired) electrons. The number of hydrogen-bond donors (Lipinski definition) is 2. The first kappa shape index (κ1) is 17.3. The zero-order valence-electron chi connectivity index (χ0n) is 17.0. The number of aliphatic hydroxyl groups is 1. The minimum Gasteiger partial charge on any atom is -0.504 e. The summed E-state index contributed by atoms with van der Waals surface area (Å²) in [7, 11) is 3.96. The molecule has 2 heterocycles. The highest BCUT2D eigenvalue weighted by molar-refractivity contribution is 5.65. The summed E-state index contributed by atoms with van der Waals surface area (Å²) in [6.07, 6.45) is 7.12. The Labute approximate surface area is 165 Å². The molecule has 7 rings (SSSR count). The third-order valence-corrected chi connectivity index (χ3v) is 8.93. The Morgan fingerprint density at radius 2 is 2.07 bits per heavy atom. The summed E-state index contributed by atoms with van der Waals surface area (Å²) in [4.78, 5) is 2.49. The van der Waals surface area contributed by atoms with Crippen LogP contribution in [-0.4, -0.2) is 59.2 Å². The fraction of sp³-hybridized carbons (Fsp3) is 0.652. The number of piperidine rings is 1. The number of phenolic OH excluding ortho intramolecular Hbond substituents is 1. The van der Waals surface area contributed by atoms with Crippen LogP contribution in [0.5, 0.6) is 11.5 Å². The van der Waals surface area contributed by atoms with Crippen LogP contribution in [0.15, 0.2) is 24.3 Å². The van der Waals surface area contributed by atoms with Crippen molar-refractivity contribution < 1.29 is 19.7 Å². The van der Waals surface area contributed by atoms with Crippen molar-refractivity contribution in [3.8, 4) is 11.5 Å². The molecule has 28 heavy (non-hydrogen) atoms. The number of methoxy groups -OCH3 is 1. The van der Waals surface area contributed by atoms with Crippen LogP contribution in [0.2, 0.25) is 0 Å². The molecular weight excluding hydrogens is 354 g/mol. The average molecular weight is 383 g/mol. The Morgan fingerprint density at radius 1 is 1.29 bits per heavy atom. The molecule has 1 aromatic carbocycles. The molecule has 2 fully saturated rings. The van der Waals surface area contributed by atoms with Gasteiger partial charge in [0.15, 0.2) is 11.5 Å². The molecule has 1 saturated carbocycles. The minimum atomic E-state index is -0.900. The van der Waals surface area contributed by atoms with Gasteiger partial charge in [-0.25, -0.2) is 0 Å². The van der Waals surface area contributed by atoms with Gasteiger partial charge in [0.25, 0.3) is 0 Å². The second kappa shape index (κ2) is 4.77. The van der Waals surface area contributed by atoms with Crippen molar-refractivity contribution >= 4 is 0 Å². The molecule has 2 spiro atoms. The maximum absolute atomic E-state index is 11.2. The van der Waals surface area contributed by atoms with Crippen LogP contribution in [0.4, 0.5) is 0 Å². The Morgan fingerprint density at radius 3 is 2.79 bits per heavy atom. The molecule has 2 aliphatic heterocycles. The number of fused-ring (bicyclic) bond motifs is 1. The van der Waals surface area contributed by atoms with Crippen molar-refractivity contribution in [2.45, 2.75) is 61.9 Å². The number of benzene rings is 1. The first-order valence-corrected chi connectivity index (χ1v) is 10.4. The largest absolute Gasteiger partial charge is 0.504 e. The van der Waals surface area contributed by atoms with E-state index in [9.17, 15) is 10.2 Å². The van der Waals surface area contributed by atoms with Crippen LogP contribution in [0.1, 0.15) is 37.8 Å². The lowest BCUT2D eigenvalue weighted by Gasteiger charge is -2.72.